The number of benzene rings is 2. The minimum atomic E-state index is -4.95. The van der Waals surface area contributed by atoms with Crippen molar-refractivity contribution in [2.45, 2.75) is 12.4 Å². The van der Waals surface area contributed by atoms with Crippen molar-refractivity contribution >= 4 is 23.1 Å². The van der Waals surface area contributed by atoms with E-state index in [-0.39, 0.29) is 28.8 Å². The van der Waals surface area contributed by atoms with Crippen molar-refractivity contribution in [1.82, 2.24) is 19.6 Å². The molecule has 4 aromatic rings. The Kier molecular flexibility index (Phi) is 5.66. The summed E-state index contributed by atoms with van der Waals surface area (Å²) in [6.07, 6.45) is -8.75. The molecule has 2 aromatic heterocycles. The maximum Gasteiger partial charge on any atom is 0.416 e. The maximum atomic E-state index is 13.1. The molecule has 13 heteroatoms. The lowest BCUT2D eigenvalue weighted by molar-refractivity contribution is -0.143. The first-order chi connectivity index (χ1) is 15.5. The van der Waals surface area contributed by atoms with E-state index >= 15 is 0 Å². The van der Waals surface area contributed by atoms with Crippen LogP contribution in [-0.2, 0) is 12.4 Å². The lowest BCUT2D eigenvalue weighted by atomic mass is 10.0. The fourth-order valence-corrected chi connectivity index (χ4v) is 3.33. The zero-order valence-corrected chi connectivity index (χ0v) is 16.9. The number of rotatable bonds is 4. The van der Waals surface area contributed by atoms with E-state index in [9.17, 15) is 31.1 Å². The number of aromatic nitrogens is 4. The Bertz CT molecular complexity index is 1250. The van der Waals surface area contributed by atoms with Crippen LogP contribution in [-0.4, -0.2) is 25.5 Å². The third kappa shape index (κ3) is 5.03. The van der Waals surface area contributed by atoms with Crippen LogP contribution in [0.15, 0.2) is 54.0 Å². The van der Waals surface area contributed by atoms with Crippen molar-refractivity contribution in [2.75, 3.05) is 5.32 Å². The van der Waals surface area contributed by atoms with E-state index in [1.165, 1.54) is 5.38 Å². The summed E-state index contributed by atoms with van der Waals surface area (Å²) in [5.41, 5.74) is -2.07. The minimum Gasteiger partial charge on any atom is -0.338 e. The zero-order valence-electron chi connectivity index (χ0n) is 16.1. The second kappa shape index (κ2) is 8.31. The molecule has 0 aliphatic carbocycles. The van der Waals surface area contributed by atoms with Gasteiger partial charge in [-0.2, -0.15) is 26.3 Å². The molecule has 0 unspecified atom stereocenters. The van der Waals surface area contributed by atoms with E-state index in [2.05, 4.69) is 24.9 Å². The smallest absolute Gasteiger partial charge is 0.338 e. The topological polar surface area (TPSA) is 83.6 Å². The number of aromatic amines is 1. The average Bonchev–Trinajstić information content (AvgIpc) is 3.45. The Hall–Kier alpha value is -3.74. The number of H-pyrrole nitrogens is 1. The predicted molar refractivity (Wildman–Crippen MR) is 107 cm³/mol. The molecule has 0 aliphatic rings. The van der Waals surface area contributed by atoms with Gasteiger partial charge in [0.05, 0.1) is 23.0 Å². The first kappa shape index (κ1) is 22.5. The molecule has 0 atom stereocenters. The summed E-state index contributed by atoms with van der Waals surface area (Å²) in [5.74, 6) is -0.237. The Morgan fingerprint density at radius 3 is 2.09 bits per heavy atom. The first-order valence-corrected chi connectivity index (χ1v) is 9.88. The Morgan fingerprint density at radius 1 is 0.909 bits per heavy atom. The van der Waals surface area contributed by atoms with Crippen LogP contribution >= 0.6 is 11.5 Å². The van der Waals surface area contributed by atoms with E-state index in [4.69, 9.17) is 0 Å². The number of carbonyl (C=O) groups is 1. The van der Waals surface area contributed by atoms with Crippen molar-refractivity contribution < 1.29 is 31.1 Å². The van der Waals surface area contributed by atoms with Crippen LogP contribution < -0.4 is 5.32 Å². The van der Waals surface area contributed by atoms with E-state index in [0.29, 0.717) is 23.4 Å². The molecule has 4 rings (SSSR count). The summed E-state index contributed by atoms with van der Waals surface area (Å²) in [6, 6.07) is 7.57. The Labute approximate surface area is 185 Å². The van der Waals surface area contributed by atoms with Gasteiger partial charge in [-0.25, -0.2) is 4.98 Å². The molecule has 0 saturated carbocycles. The minimum absolute atomic E-state index is 0.0185. The first-order valence-electron chi connectivity index (χ1n) is 9.04. The highest BCUT2D eigenvalue weighted by molar-refractivity contribution is 7.03. The molecule has 6 nitrogen and oxygen atoms in total. The number of hydrogen-bond acceptors (Lipinski definition) is 5. The number of hydrogen-bond donors (Lipinski definition) is 2. The summed E-state index contributed by atoms with van der Waals surface area (Å²) in [4.78, 5) is 18.8. The molecular formula is C20H11F6N5OS. The fourth-order valence-electron chi connectivity index (χ4n) is 2.90. The van der Waals surface area contributed by atoms with E-state index in [0.717, 1.165) is 17.7 Å². The lowest BCUT2D eigenvalue weighted by Gasteiger charge is -2.13. The van der Waals surface area contributed by atoms with Gasteiger partial charge in [-0.15, -0.1) is 5.10 Å². The normalized spacial score (nSPS) is 12.1. The monoisotopic (exact) mass is 483 g/mol. The number of imidazole rings is 1. The van der Waals surface area contributed by atoms with Crippen LogP contribution in [0.2, 0.25) is 0 Å². The number of halogens is 6. The van der Waals surface area contributed by atoms with E-state index in [1.807, 2.05) is 0 Å². The maximum absolute atomic E-state index is 13.1. The van der Waals surface area contributed by atoms with Gasteiger partial charge in [0, 0.05) is 22.2 Å². The number of nitrogens with one attached hydrogen (secondary N) is 2. The second-order valence-electron chi connectivity index (χ2n) is 6.76. The highest BCUT2D eigenvalue weighted by Crippen LogP contribution is 2.38. The highest BCUT2D eigenvalue weighted by atomic mass is 32.1. The summed E-state index contributed by atoms with van der Waals surface area (Å²) < 4.78 is 82.3. The third-order valence-electron chi connectivity index (χ3n) is 4.48. The van der Waals surface area contributed by atoms with Gasteiger partial charge in [-0.1, -0.05) is 4.49 Å². The zero-order chi connectivity index (χ0) is 23.8. The molecule has 0 radical (unpaired) electrons. The molecule has 0 saturated heterocycles. The number of alkyl halides is 6. The van der Waals surface area contributed by atoms with Gasteiger partial charge in [0.15, 0.2) is 5.69 Å². The lowest BCUT2D eigenvalue weighted by Crippen LogP contribution is -2.12. The molecule has 0 fully saturated rings. The average molecular weight is 483 g/mol. The molecule has 170 valence electrons. The predicted octanol–water partition coefficient (Wildman–Crippen LogP) is 5.89. The second-order valence-corrected chi connectivity index (χ2v) is 7.37. The van der Waals surface area contributed by atoms with Gasteiger partial charge in [-0.05, 0) is 54.0 Å². The SMILES string of the molecule is O=C(Nc1ccc(-c2ncc(-c3cc(C(F)(F)F)cc(C(F)(F)F)c3)[nH]2)cc1)c1csnn1. The summed E-state index contributed by atoms with van der Waals surface area (Å²) in [5, 5.41) is 7.75. The van der Waals surface area contributed by atoms with Gasteiger partial charge in [0.25, 0.3) is 5.91 Å². The molecule has 0 aliphatic heterocycles. The molecule has 2 heterocycles. The van der Waals surface area contributed by atoms with Crippen LogP contribution in [0.5, 0.6) is 0 Å². The summed E-state index contributed by atoms with van der Waals surface area (Å²) >= 11 is 1.02. The van der Waals surface area contributed by atoms with Gasteiger partial charge in [0.1, 0.15) is 5.82 Å². The van der Waals surface area contributed by atoms with Crippen LogP contribution in [0.4, 0.5) is 32.0 Å². The number of carbonyl (C=O) groups excluding carboxylic acids is 1. The molecule has 33 heavy (non-hydrogen) atoms. The van der Waals surface area contributed by atoms with Crippen molar-refractivity contribution in [2.24, 2.45) is 0 Å². The van der Waals surface area contributed by atoms with Crippen molar-refractivity contribution in [3.63, 3.8) is 0 Å². The molecule has 0 spiro atoms. The summed E-state index contributed by atoms with van der Waals surface area (Å²) in [7, 11) is 0. The third-order valence-corrected chi connectivity index (χ3v) is 4.99. The van der Waals surface area contributed by atoms with Crippen LogP contribution in [0, 0.1) is 0 Å². The van der Waals surface area contributed by atoms with Crippen molar-refractivity contribution in [1.29, 1.82) is 0 Å². The van der Waals surface area contributed by atoms with Gasteiger partial charge >= 0.3 is 12.4 Å². The standard InChI is InChI=1S/C20H11F6N5OS/c21-19(22,23)12-5-11(6-13(7-12)20(24,25)26)15-8-27-17(29-15)10-1-3-14(4-2-10)28-18(32)16-9-33-31-30-16/h1-9H,(H,27,29)(H,28,32). The number of nitrogens with zero attached hydrogens (tertiary/aromatic N) is 3. The number of amides is 1. The molecular weight excluding hydrogens is 472 g/mol. The number of anilines is 1. The Morgan fingerprint density at radius 2 is 1.55 bits per heavy atom. The largest absolute Gasteiger partial charge is 0.416 e. The van der Waals surface area contributed by atoms with Gasteiger partial charge in [0.2, 0.25) is 0 Å². The van der Waals surface area contributed by atoms with Crippen LogP contribution in [0.1, 0.15) is 21.6 Å². The van der Waals surface area contributed by atoms with Crippen LogP contribution in [0.25, 0.3) is 22.6 Å². The van der Waals surface area contributed by atoms with Crippen molar-refractivity contribution in [3.05, 3.63) is 70.9 Å². The Balaban J connectivity index is 1.60. The van der Waals surface area contributed by atoms with Crippen molar-refractivity contribution in [3.8, 4) is 22.6 Å². The highest BCUT2D eigenvalue weighted by Gasteiger charge is 2.37. The molecule has 0 bridgehead atoms. The molecule has 2 aromatic carbocycles. The fraction of sp³-hybridized carbons (Fsp3) is 0.100. The molecule has 1 amide bonds. The van der Waals surface area contributed by atoms with Gasteiger partial charge in [-0.3, -0.25) is 4.79 Å². The summed E-state index contributed by atoms with van der Waals surface area (Å²) in [6.45, 7) is 0. The van der Waals surface area contributed by atoms with Gasteiger partial charge < -0.3 is 10.3 Å². The van der Waals surface area contributed by atoms with E-state index in [1.54, 1.807) is 24.3 Å². The molecule has 2 N–H and O–H groups in total. The van der Waals surface area contributed by atoms with Crippen LogP contribution in [0.3, 0.4) is 0 Å². The quantitative estimate of drug-likeness (QED) is 0.355. The van der Waals surface area contributed by atoms with E-state index < -0.39 is 29.4 Å².